The third-order valence-corrected chi connectivity index (χ3v) is 15.4. The Morgan fingerprint density at radius 3 is 2.08 bits per heavy atom. The lowest BCUT2D eigenvalue weighted by Gasteiger charge is -2.46. The molecule has 8 nitrogen and oxygen atoms in total. The molecule has 2 aliphatic heterocycles. The Hall–Kier alpha value is -4.70. The van der Waals surface area contributed by atoms with Crippen molar-refractivity contribution >= 4 is 30.3 Å². The highest BCUT2D eigenvalue weighted by atomic mass is 28.4. The summed E-state index contributed by atoms with van der Waals surface area (Å²) < 4.78 is 19.1. The zero-order valence-corrected chi connectivity index (χ0v) is 30.9. The molecule has 1 N–H and O–H groups in total. The molecule has 50 heavy (non-hydrogen) atoms. The van der Waals surface area contributed by atoms with Crippen LogP contribution in [-0.2, 0) is 30.6 Å². The van der Waals surface area contributed by atoms with Gasteiger partial charge in [0.2, 0.25) is 0 Å². The molecule has 1 atom stereocenters. The second-order valence-corrected chi connectivity index (χ2v) is 18.7. The van der Waals surface area contributed by atoms with Gasteiger partial charge in [-0.2, -0.15) is 0 Å². The first kappa shape index (κ1) is 33.8. The fourth-order valence-electron chi connectivity index (χ4n) is 7.93. The summed E-state index contributed by atoms with van der Waals surface area (Å²) in [6, 6.07) is 36.5. The number of ether oxygens (including phenoxy) is 2. The average Bonchev–Trinajstić information content (AvgIpc) is 3.47. The van der Waals surface area contributed by atoms with Crippen LogP contribution < -0.4 is 30.2 Å². The molecule has 0 bridgehead atoms. The van der Waals surface area contributed by atoms with E-state index in [1.165, 1.54) is 21.5 Å². The maximum absolute atomic E-state index is 7.35. The molecule has 0 spiro atoms. The number of nitrogens with zero attached hydrogens (tertiary/aromatic N) is 4. The number of hydrogen-bond donors (Lipinski definition) is 1. The quantitative estimate of drug-likeness (QED) is 0.0876. The van der Waals surface area contributed by atoms with Crippen molar-refractivity contribution in [2.75, 3.05) is 37.7 Å². The highest BCUT2D eigenvalue weighted by molar-refractivity contribution is 6.99. The standard InChI is InChI=1S/C41H48N5O3Si/c1-41(2,3)50(36-13-8-6-9-14-36,37-15-10-7-11-16-37)49-24-12-23-46-28-33-25-35(48-5)22-19-32(33)27-45(46)40-38(29-46)39(43-30-44-40)42-26-31-17-20-34(47-4)21-18-31/h6-11,13-22,25,30H,12,23-24,26-29H2,1-5H3,(H,42,43,44)/q+1. The van der Waals surface area contributed by atoms with E-state index in [9.17, 15) is 0 Å². The van der Waals surface area contributed by atoms with E-state index in [1.54, 1.807) is 20.5 Å². The molecule has 0 amide bonds. The maximum atomic E-state index is 7.35. The fraction of sp³-hybridized carbons (Fsp3) is 0.317. The Kier molecular flexibility index (Phi) is 9.39. The van der Waals surface area contributed by atoms with Gasteiger partial charge in [0.1, 0.15) is 43.3 Å². The molecule has 2 aliphatic rings. The second-order valence-electron chi connectivity index (χ2n) is 14.4. The summed E-state index contributed by atoms with van der Waals surface area (Å²) in [4.78, 5) is 9.67. The lowest BCUT2D eigenvalue weighted by molar-refractivity contribution is -0.959. The Morgan fingerprint density at radius 2 is 1.44 bits per heavy atom. The zero-order valence-electron chi connectivity index (χ0n) is 29.9. The van der Waals surface area contributed by atoms with Gasteiger partial charge in [-0.15, -0.1) is 0 Å². The van der Waals surface area contributed by atoms with Gasteiger partial charge in [-0.25, -0.2) is 19.6 Å². The lowest BCUT2D eigenvalue weighted by Crippen LogP contribution is -2.66. The number of rotatable bonds is 12. The van der Waals surface area contributed by atoms with Crippen molar-refractivity contribution in [3.63, 3.8) is 0 Å². The van der Waals surface area contributed by atoms with E-state index in [-0.39, 0.29) is 5.04 Å². The predicted molar refractivity (Wildman–Crippen MR) is 202 cm³/mol. The van der Waals surface area contributed by atoms with Gasteiger partial charge in [0.15, 0.2) is 5.82 Å². The summed E-state index contributed by atoms with van der Waals surface area (Å²) in [5.74, 6) is 3.64. The molecule has 0 radical (unpaired) electrons. The second kappa shape index (κ2) is 13.9. The SMILES string of the molecule is COc1ccc(CNc2ncnc3c2C[N+]2(CCCO[Si](c4ccccc4)(c4ccccc4)C(C)(C)C)Cc4cc(OC)ccc4CN32)cc1. The number of aromatic nitrogens is 2. The van der Waals surface area contributed by atoms with Gasteiger partial charge in [-0.05, 0) is 50.8 Å². The number of anilines is 2. The average molecular weight is 687 g/mol. The van der Waals surface area contributed by atoms with Gasteiger partial charge in [-0.3, -0.25) is 0 Å². The van der Waals surface area contributed by atoms with Crippen LogP contribution in [0, 0.1) is 0 Å². The third-order valence-electron chi connectivity index (χ3n) is 10.4. The molecule has 7 rings (SSSR count). The molecule has 9 heteroatoms. The largest absolute Gasteiger partial charge is 0.497 e. The van der Waals surface area contributed by atoms with Gasteiger partial charge < -0.3 is 19.2 Å². The van der Waals surface area contributed by atoms with Crippen LogP contribution in [0.2, 0.25) is 5.04 Å². The highest BCUT2D eigenvalue weighted by Gasteiger charge is 2.51. The van der Waals surface area contributed by atoms with Crippen LogP contribution in [0.4, 0.5) is 11.6 Å². The minimum Gasteiger partial charge on any atom is -0.497 e. The van der Waals surface area contributed by atoms with Gasteiger partial charge in [0.25, 0.3) is 8.32 Å². The zero-order chi connectivity index (χ0) is 34.8. The lowest BCUT2D eigenvalue weighted by atomic mass is 10.0. The van der Waals surface area contributed by atoms with Crippen molar-refractivity contribution in [2.45, 2.75) is 58.4 Å². The van der Waals surface area contributed by atoms with Crippen molar-refractivity contribution in [1.82, 2.24) is 9.97 Å². The van der Waals surface area contributed by atoms with Crippen molar-refractivity contribution in [1.29, 1.82) is 0 Å². The van der Waals surface area contributed by atoms with E-state index in [1.807, 2.05) is 12.1 Å². The molecule has 3 heterocycles. The van der Waals surface area contributed by atoms with E-state index in [4.69, 9.17) is 23.9 Å². The number of benzene rings is 4. The smallest absolute Gasteiger partial charge is 0.261 e. The molecular formula is C41H48N5O3Si+. The highest BCUT2D eigenvalue weighted by Crippen LogP contribution is 2.45. The first-order valence-corrected chi connectivity index (χ1v) is 19.4. The summed E-state index contributed by atoms with van der Waals surface area (Å²) in [7, 11) is 0.791. The molecule has 1 unspecified atom stereocenters. The molecule has 0 aliphatic carbocycles. The van der Waals surface area contributed by atoms with E-state index in [2.05, 4.69) is 122 Å². The fourth-order valence-corrected chi connectivity index (χ4v) is 12.5. The minimum atomic E-state index is -2.64. The number of nitrogens with one attached hydrogen (secondary N) is 1. The van der Waals surface area contributed by atoms with E-state index in [0.717, 1.165) is 71.5 Å². The third kappa shape index (κ3) is 6.25. The van der Waals surface area contributed by atoms with Crippen LogP contribution >= 0.6 is 0 Å². The van der Waals surface area contributed by atoms with Gasteiger partial charge in [0.05, 0.1) is 26.3 Å². The molecule has 258 valence electrons. The van der Waals surface area contributed by atoms with Crippen molar-refractivity contribution < 1.29 is 18.5 Å². The van der Waals surface area contributed by atoms with Crippen LogP contribution in [0.5, 0.6) is 11.5 Å². The van der Waals surface area contributed by atoms with Crippen molar-refractivity contribution in [3.8, 4) is 11.5 Å². The monoisotopic (exact) mass is 686 g/mol. The molecule has 0 saturated heterocycles. The molecule has 1 aromatic heterocycles. The Balaban J connectivity index is 1.18. The molecule has 4 aromatic carbocycles. The molecule has 0 saturated carbocycles. The van der Waals surface area contributed by atoms with E-state index >= 15 is 0 Å². The Bertz CT molecular complexity index is 1880. The topological polar surface area (TPSA) is 68.7 Å². The van der Waals surface area contributed by atoms with Crippen molar-refractivity contribution in [2.24, 2.45) is 0 Å². The van der Waals surface area contributed by atoms with Gasteiger partial charge in [0, 0.05) is 25.1 Å². The molecule has 0 fully saturated rings. The van der Waals surface area contributed by atoms with Gasteiger partial charge >= 0.3 is 0 Å². The van der Waals surface area contributed by atoms with E-state index < -0.39 is 8.32 Å². The number of methoxy groups -OCH3 is 2. The summed E-state index contributed by atoms with van der Waals surface area (Å²) in [6.07, 6.45) is 2.60. The number of hydrogen-bond acceptors (Lipinski definition) is 7. The first-order chi connectivity index (χ1) is 24.3. The normalized spacial score (nSPS) is 16.7. The summed E-state index contributed by atoms with van der Waals surface area (Å²) in [5, 5.41) is 8.68. The summed E-state index contributed by atoms with van der Waals surface area (Å²) in [6.45, 7) is 11.7. The summed E-state index contributed by atoms with van der Waals surface area (Å²) in [5.41, 5.74) is 4.95. The van der Waals surface area contributed by atoms with Crippen LogP contribution in [0.25, 0.3) is 0 Å². The maximum Gasteiger partial charge on any atom is 0.261 e. The molecule has 5 aromatic rings. The number of quaternary nitrogens is 1. The first-order valence-electron chi connectivity index (χ1n) is 17.5. The van der Waals surface area contributed by atoms with Crippen LogP contribution in [0.15, 0.2) is 109 Å². The van der Waals surface area contributed by atoms with Crippen LogP contribution in [0.3, 0.4) is 0 Å². The molecular weight excluding hydrogens is 639 g/mol. The van der Waals surface area contributed by atoms with Crippen LogP contribution in [0.1, 0.15) is 49.4 Å². The Labute approximate surface area is 297 Å². The summed E-state index contributed by atoms with van der Waals surface area (Å²) >= 11 is 0. The number of fused-ring (bicyclic) bond motifs is 4. The van der Waals surface area contributed by atoms with E-state index in [0.29, 0.717) is 13.2 Å². The minimum absolute atomic E-state index is 0.0706. The van der Waals surface area contributed by atoms with Crippen LogP contribution in [-0.4, -0.2) is 50.2 Å². The van der Waals surface area contributed by atoms with Gasteiger partial charge in [-0.1, -0.05) is 99.6 Å². The van der Waals surface area contributed by atoms with Crippen molar-refractivity contribution in [3.05, 3.63) is 132 Å². The predicted octanol–water partition coefficient (Wildman–Crippen LogP) is 6.84. The Morgan fingerprint density at radius 1 is 0.780 bits per heavy atom.